The average Bonchev–Trinajstić information content (AvgIpc) is 2.29. The van der Waals surface area contributed by atoms with E-state index in [1.807, 2.05) is 0 Å². The van der Waals surface area contributed by atoms with Crippen LogP contribution in [-0.4, -0.2) is 19.2 Å². The molecule has 0 unspecified atom stereocenters. The first kappa shape index (κ1) is 16.0. The lowest BCUT2D eigenvalue weighted by Crippen LogP contribution is -2.32. The van der Waals surface area contributed by atoms with E-state index in [0.717, 1.165) is 31.7 Å². The van der Waals surface area contributed by atoms with Gasteiger partial charge in [-0.1, -0.05) is 6.07 Å². The van der Waals surface area contributed by atoms with Crippen molar-refractivity contribution in [1.82, 2.24) is 5.32 Å². The number of ether oxygens (including phenoxy) is 1. The summed E-state index contributed by atoms with van der Waals surface area (Å²) in [6.45, 7) is 10.2. The molecule has 3 nitrogen and oxygen atoms in total. The fraction of sp³-hybridized carbons (Fsp3) is 0.625. The summed E-state index contributed by atoms with van der Waals surface area (Å²) in [5, 5.41) is 3.47. The first-order chi connectivity index (χ1) is 8.83. The van der Waals surface area contributed by atoms with Crippen molar-refractivity contribution < 1.29 is 4.74 Å². The maximum Gasteiger partial charge on any atom is 0.123 e. The largest absolute Gasteiger partial charge is 0.496 e. The number of nitrogens with one attached hydrogen (secondary N) is 1. The molecular weight excluding hydrogens is 236 g/mol. The second-order valence-corrected chi connectivity index (χ2v) is 6.03. The number of benzene rings is 1. The molecule has 0 amide bonds. The highest BCUT2D eigenvalue weighted by Crippen LogP contribution is 2.23. The van der Waals surface area contributed by atoms with Gasteiger partial charge in [0.25, 0.3) is 0 Å². The minimum absolute atomic E-state index is 0.0703. The van der Waals surface area contributed by atoms with Crippen LogP contribution in [0.1, 0.15) is 43.4 Å². The second-order valence-electron chi connectivity index (χ2n) is 6.03. The predicted octanol–water partition coefficient (Wildman–Crippen LogP) is 2.92. The number of methoxy groups -OCH3 is 1. The molecule has 0 heterocycles. The molecule has 1 aromatic carbocycles. The second kappa shape index (κ2) is 6.92. The number of aryl methyl sites for hydroxylation is 2. The van der Waals surface area contributed by atoms with Crippen LogP contribution in [0.4, 0.5) is 0 Å². The number of nitrogens with two attached hydrogens (primary N) is 1. The van der Waals surface area contributed by atoms with Crippen molar-refractivity contribution in [3.05, 3.63) is 28.8 Å². The Hall–Kier alpha value is -1.06. The van der Waals surface area contributed by atoms with E-state index in [9.17, 15) is 0 Å². The summed E-state index contributed by atoms with van der Waals surface area (Å²) in [5.41, 5.74) is 9.67. The molecule has 0 fully saturated rings. The highest BCUT2D eigenvalue weighted by molar-refractivity contribution is 5.42. The normalized spacial score (nSPS) is 11.7. The van der Waals surface area contributed by atoms with Gasteiger partial charge in [0, 0.05) is 17.6 Å². The molecule has 0 bridgehead atoms. The predicted molar refractivity (Wildman–Crippen MR) is 81.7 cm³/mol. The lowest BCUT2D eigenvalue weighted by Gasteiger charge is -2.18. The molecule has 1 aromatic rings. The fourth-order valence-corrected chi connectivity index (χ4v) is 2.25. The summed E-state index contributed by atoms with van der Waals surface area (Å²) in [4.78, 5) is 0. The topological polar surface area (TPSA) is 47.3 Å². The van der Waals surface area contributed by atoms with Crippen molar-refractivity contribution in [2.45, 2.75) is 52.6 Å². The van der Waals surface area contributed by atoms with E-state index in [0.29, 0.717) is 0 Å². The third-order valence-electron chi connectivity index (χ3n) is 3.27. The quantitative estimate of drug-likeness (QED) is 0.744. The number of rotatable bonds is 7. The van der Waals surface area contributed by atoms with Crippen LogP contribution in [0.15, 0.2) is 12.1 Å². The molecule has 0 radical (unpaired) electrons. The highest BCUT2D eigenvalue weighted by atomic mass is 16.5. The molecular formula is C16H28N2O. The molecule has 3 heteroatoms. The summed E-state index contributed by atoms with van der Waals surface area (Å²) >= 11 is 0. The minimum atomic E-state index is -0.0703. The summed E-state index contributed by atoms with van der Waals surface area (Å²) in [5.74, 6) is 0.976. The Bertz CT molecular complexity index is 408. The van der Waals surface area contributed by atoms with Gasteiger partial charge < -0.3 is 15.8 Å². The van der Waals surface area contributed by atoms with Crippen LogP contribution in [0.5, 0.6) is 5.75 Å². The van der Waals surface area contributed by atoms with E-state index in [2.05, 4.69) is 45.1 Å². The van der Waals surface area contributed by atoms with Crippen LogP contribution in [0, 0.1) is 13.8 Å². The van der Waals surface area contributed by atoms with E-state index in [1.54, 1.807) is 7.11 Å². The zero-order valence-electron chi connectivity index (χ0n) is 13.0. The van der Waals surface area contributed by atoms with Crippen molar-refractivity contribution in [3.8, 4) is 5.75 Å². The highest BCUT2D eigenvalue weighted by Gasteiger charge is 2.10. The van der Waals surface area contributed by atoms with Crippen LogP contribution in [0.3, 0.4) is 0 Å². The van der Waals surface area contributed by atoms with Crippen LogP contribution in [0.25, 0.3) is 0 Å². The Morgan fingerprint density at radius 2 is 1.95 bits per heavy atom. The Labute approximate surface area is 117 Å². The molecule has 1 rings (SSSR count). The maximum atomic E-state index is 5.97. The van der Waals surface area contributed by atoms with Crippen molar-refractivity contribution in [3.63, 3.8) is 0 Å². The van der Waals surface area contributed by atoms with E-state index >= 15 is 0 Å². The first-order valence-corrected chi connectivity index (χ1v) is 6.97. The molecule has 0 aliphatic carbocycles. The molecule has 0 atom stereocenters. The van der Waals surface area contributed by atoms with Crippen molar-refractivity contribution >= 4 is 0 Å². The zero-order valence-corrected chi connectivity index (χ0v) is 13.0. The third kappa shape index (κ3) is 5.62. The lowest BCUT2D eigenvalue weighted by atomic mass is 10.00. The third-order valence-corrected chi connectivity index (χ3v) is 3.27. The van der Waals surface area contributed by atoms with E-state index in [1.165, 1.54) is 16.7 Å². The van der Waals surface area contributed by atoms with Gasteiger partial charge >= 0.3 is 0 Å². The summed E-state index contributed by atoms with van der Waals surface area (Å²) in [6.07, 6.45) is 2.13. The zero-order chi connectivity index (χ0) is 14.5. The van der Waals surface area contributed by atoms with E-state index in [-0.39, 0.29) is 5.54 Å². The van der Waals surface area contributed by atoms with Gasteiger partial charge in [-0.25, -0.2) is 0 Å². The van der Waals surface area contributed by atoms with Crippen LogP contribution in [0.2, 0.25) is 0 Å². The molecule has 108 valence electrons. The molecule has 0 saturated carbocycles. The van der Waals surface area contributed by atoms with Crippen LogP contribution >= 0.6 is 0 Å². The van der Waals surface area contributed by atoms with Gasteiger partial charge in [0.1, 0.15) is 5.75 Å². The van der Waals surface area contributed by atoms with Gasteiger partial charge in [0.05, 0.1) is 7.11 Å². The monoisotopic (exact) mass is 264 g/mol. The summed E-state index contributed by atoms with van der Waals surface area (Å²) in [7, 11) is 1.73. The molecule has 3 N–H and O–H groups in total. The van der Waals surface area contributed by atoms with Crippen LogP contribution in [-0.2, 0) is 6.54 Å². The van der Waals surface area contributed by atoms with Crippen molar-refractivity contribution in [2.75, 3.05) is 13.7 Å². The van der Waals surface area contributed by atoms with Crippen LogP contribution < -0.4 is 15.8 Å². The lowest BCUT2D eigenvalue weighted by molar-refractivity contribution is 0.405. The number of hydrogen-bond donors (Lipinski definition) is 2. The standard InChI is InChI=1S/C16H28N2O/c1-12-9-13(2)14(15(10-12)19-5)11-18-8-6-7-16(3,4)17/h9-10,18H,6-8,11,17H2,1-5H3. The van der Waals surface area contributed by atoms with Gasteiger partial charge in [0.15, 0.2) is 0 Å². The number of hydrogen-bond acceptors (Lipinski definition) is 3. The molecule has 0 spiro atoms. The van der Waals surface area contributed by atoms with Gasteiger partial charge in [-0.15, -0.1) is 0 Å². The Morgan fingerprint density at radius 3 is 2.53 bits per heavy atom. The Kier molecular flexibility index (Phi) is 5.83. The Balaban J connectivity index is 2.49. The van der Waals surface area contributed by atoms with E-state index < -0.39 is 0 Å². The summed E-state index contributed by atoms with van der Waals surface area (Å²) in [6, 6.07) is 4.29. The van der Waals surface area contributed by atoms with E-state index in [4.69, 9.17) is 10.5 Å². The maximum absolute atomic E-state index is 5.97. The minimum Gasteiger partial charge on any atom is -0.496 e. The average molecular weight is 264 g/mol. The molecule has 0 aliphatic rings. The molecule has 19 heavy (non-hydrogen) atoms. The summed E-state index contributed by atoms with van der Waals surface area (Å²) < 4.78 is 5.46. The smallest absolute Gasteiger partial charge is 0.123 e. The van der Waals surface area contributed by atoms with Gasteiger partial charge in [-0.2, -0.15) is 0 Å². The molecule has 0 saturated heterocycles. The first-order valence-electron chi connectivity index (χ1n) is 6.97. The molecule has 0 aromatic heterocycles. The van der Waals surface area contributed by atoms with Crippen molar-refractivity contribution in [1.29, 1.82) is 0 Å². The van der Waals surface area contributed by atoms with Gasteiger partial charge in [-0.05, 0) is 64.3 Å². The van der Waals surface area contributed by atoms with Crippen molar-refractivity contribution in [2.24, 2.45) is 5.73 Å². The van der Waals surface area contributed by atoms with Gasteiger partial charge in [0.2, 0.25) is 0 Å². The van der Waals surface area contributed by atoms with Gasteiger partial charge in [-0.3, -0.25) is 0 Å². The fourth-order valence-electron chi connectivity index (χ4n) is 2.25. The molecule has 0 aliphatic heterocycles. The SMILES string of the molecule is COc1cc(C)cc(C)c1CNCCCC(C)(C)N. The Morgan fingerprint density at radius 1 is 1.26 bits per heavy atom.